The fourth-order valence-electron chi connectivity index (χ4n) is 2.75. The smallest absolute Gasteiger partial charge is 0.229 e. The summed E-state index contributed by atoms with van der Waals surface area (Å²) < 4.78 is 5.71. The summed E-state index contributed by atoms with van der Waals surface area (Å²) >= 11 is 0. The highest BCUT2D eigenvalue weighted by atomic mass is 16.5. The van der Waals surface area contributed by atoms with E-state index >= 15 is 0 Å². The molecule has 4 heteroatoms. The molecule has 0 heterocycles. The minimum atomic E-state index is -0.328. The summed E-state index contributed by atoms with van der Waals surface area (Å²) in [6.45, 7) is 3.27. The molecular formula is C21H26N2O2. The van der Waals surface area contributed by atoms with E-state index in [9.17, 15) is 4.79 Å². The van der Waals surface area contributed by atoms with Crippen LogP contribution >= 0.6 is 0 Å². The van der Waals surface area contributed by atoms with Crippen molar-refractivity contribution in [3.63, 3.8) is 0 Å². The van der Waals surface area contributed by atoms with Crippen LogP contribution in [-0.2, 0) is 16.1 Å². The van der Waals surface area contributed by atoms with Gasteiger partial charge in [-0.15, -0.1) is 0 Å². The molecule has 3 N–H and O–H groups in total. The van der Waals surface area contributed by atoms with Gasteiger partial charge >= 0.3 is 0 Å². The topological polar surface area (TPSA) is 64.3 Å². The van der Waals surface area contributed by atoms with E-state index in [1.807, 2.05) is 61.5 Å². The molecule has 4 nitrogen and oxygen atoms in total. The molecule has 0 aromatic heterocycles. The lowest BCUT2D eigenvalue weighted by molar-refractivity contribution is -0.120. The van der Waals surface area contributed by atoms with Crippen molar-refractivity contribution in [2.45, 2.75) is 32.4 Å². The summed E-state index contributed by atoms with van der Waals surface area (Å²) in [5.41, 5.74) is 9.06. The Morgan fingerprint density at radius 2 is 1.96 bits per heavy atom. The molecule has 0 saturated heterocycles. The van der Waals surface area contributed by atoms with E-state index in [0.29, 0.717) is 6.61 Å². The van der Waals surface area contributed by atoms with Crippen LogP contribution in [0.5, 0.6) is 0 Å². The lowest BCUT2D eigenvalue weighted by atomic mass is 9.94. The molecule has 25 heavy (non-hydrogen) atoms. The van der Waals surface area contributed by atoms with Gasteiger partial charge in [0.2, 0.25) is 5.91 Å². The van der Waals surface area contributed by atoms with Gasteiger partial charge in [-0.25, -0.2) is 0 Å². The molecule has 1 saturated carbocycles. The molecule has 0 radical (unpaired) electrons. The molecule has 1 aliphatic rings. The Labute approximate surface area is 149 Å². The SMILES string of the molecule is CC(C(=O)Nc1cccc(COCC2CC2)c1)C(N)c1ccccc1. The van der Waals surface area contributed by atoms with E-state index in [1.165, 1.54) is 12.8 Å². The van der Waals surface area contributed by atoms with Crippen molar-refractivity contribution in [2.75, 3.05) is 11.9 Å². The zero-order chi connectivity index (χ0) is 17.6. The summed E-state index contributed by atoms with van der Waals surface area (Å²) in [6.07, 6.45) is 2.57. The highest BCUT2D eigenvalue weighted by molar-refractivity contribution is 5.92. The number of amides is 1. The third kappa shape index (κ3) is 5.15. The van der Waals surface area contributed by atoms with Crippen molar-refractivity contribution >= 4 is 11.6 Å². The maximum Gasteiger partial charge on any atom is 0.229 e. The quantitative estimate of drug-likeness (QED) is 0.767. The van der Waals surface area contributed by atoms with Gasteiger partial charge < -0.3 is 15.8 Å². The number of ether oxygens (including phenoxy) is 1. The lowest BCUT2D eigenvalue weighted by Crippen LogP contribution is -2.30. The molecule has 0 bridgehead atoms. The van der Waals surface area contributed by atoms with Crippen LogP contribution in [0.1, 0.15) is 36.9 Å². The first kappa shape index (κ1) is 17.6. The van der Waals surface area contributed by atoms with Gasteiger partial charge in [0.1, 0.15) is 0 Å². The van der Waals surface area contributed by atoms with Crippen molar-refractivity contribution in [1.82, 2.24) is 0 Å². The van der Waals surface area contributed by atoms with E-state index in [0.717, 1.165) is 29.3 Å². The highest BCUT2D eigenvalue weighted by Gasteiger charge is 2.22. The molecular weight excluding hydrogens is 312 g/mol. The van der Waals surface area contributed by atoms with E-state index < -0.39 is 0 Å². The van der Waals surface area contributed by atoms with Crippen LogP contribution in [0.25, 0.3) is 0 Å². The number of carbonyl (C=O) groups is 1. The average molecular weight is 338 g/mol. The fourth-order valence-corrected chi connectivity index (χ4v) is 2.75. The van der Waals surface area contributed by atoms with Crippen molar-refractivity contribution in [3.05, 3.63) is 65.7 Å². The summed E-state index contributed by atoms with van der Waals surface area (Å²) in [6, 6.07) is 17.2. The summed E-state index contributed by atoms with van der Waals surface area (Å²) in [7, 11) is 0. The third-order valence-corrected chi connectivity index (χ3v) is 4.65. The first-order valence-electron chi connectivity index (χ1n) is 8.91. The molecule has 2 aromatic carbocycles. The van der Waals surface area contributed by atoms with Crippen LogP contribution in [0.2, 0.25) is 0 Å². The Bertz CT molecular complexity index is 698. The molecule has 1 fully saturated rings. The molecule has 0 aliphatic heterocycles. The molecule has 132 valence electrons. The maximum absolute atomic E-state index is 12.5. The first-order valence-corrected chi connectivity index (χ1v) is 8.91. The number of nitrogens with two attached hydrogens (primary N) is 1. The predicted molar refractivity (Wildman–Crippen MR) is 100.0 cm³/mol. The van der Waals surface area contributed by atoms with Gasteiger partial charge in [0.25, 0.3) is 0 Å². The van der Waals surface area contributed by atoms with Crippen LogP contribution in [-0.4, -0.2) is 12.5 Å². The standard InChI is InChI=1S/C21H26N2O2/c1-15(20(22)18-7-3-2-4-8-18)21(24)23-19-9-5-6-17(12-19)14-25-13-16-10-11-16/h2-9,12,15-16,20H,10-11,13-14,22H2,1H3,(H,23,24). The average Bonchev–Trinajstić information content (AvgIpc) is 3.46. The Morgan fingerprint density at radius 1 is 1.20 bits per heavy atom. The van der Waals surface area contributed by atoms with Crippen LogP contribution in [0.15, 0.2) is 54.6 Å². The molecule has 3 rings (SSSR count). The molecule has 0 spiro atoms. The summed E-state index contributed by atoms with van der Waals surface area (Å²) in [4.78, 5) is 12.5. The van der Waals surface area contributed by atoms with Gasteiger partial charge in [0, 0.05) is 18.3 Å². The second kappa shape index (κ2) is 8.28. The van der Waals surface area contributed by atoms with Crippen molar-refractivity contribution < 1.29 is 9.53 Å². The Balaban J connectivity index is 1.56. The van der Waals surface area contributed by atoms with Gasteiger partial charge in [0.15, 0.2) is 0 Å². The largest absolute Gasteiger partial charge is 0.376 e. The molecule has 1 aliphatic carbocycles. The van der Waals surface area contributed by atoms with Gasteiger partial charge in [0.05, 0.1) is 12.5 Å². The van der Waals surface area contributed by atoms with E-state index in [2.05, 4.69) is 5.32 Å². The van der Waals surface area contributed by atoms with Crippen LogP contribution < -0.4 is 11.1 Å². The first-order chi connectivity index (χ1) is 12.1. The molecule has 2 aromatic rings. The number of anilines is 1. The zero-order valence-electron chi connectivity index (χ0n) is 14.7. The number of nitrogens with one attached hydrogen (secondary N) is 1. The highest BCUT2D eigenvalue weighted by Crippen LogP contribution is 2.29. The van der Waals surface area contributed by atoms with Gasteiger partial charge in [-0.2, -0.15) is 0 Å². The predicted octanol–water partition coefficient (Wildman–Crippen LogP) is 3.89. The van der Waals surface area contributed by atoms with Crippen molar-refractivity contribution in [1.29, 1.82) is 0 Å². The van der Waals surface area contributed by atoms with Crippen LogP contribution in [0.3, 0.4) is 0 Å². The maximum atomic E-state index is 12.5. The Morgan fingerprint density at radius 3 is 2.68 bits per heavy atom. The van der Waals surface area contributed by atoms with Gasteiger partial charge in [-0.05, 0) is 42.0 Å². The minimum Gasteiger partial charge on any atom is -0.376 e. The normalized spacial score (nSPS) is 16.2. The fraction of sp³-hybridized carbons (Fsp3) is 0.381. The van der Waals surface area contributed by atoms with Crippen LogP contribution in [0.4, 0.5) is 5.69 Å². The number of carbonyl (C=O) groups excluding carboxylic acids is 1. The summed E-state index contributed by atoms with van der Waals surface area (Å²) in [5, 5.41) is 2.97. The van der Waals surface area contributed by atoms with Crippen molar-refractivity contribution in [2.24, 2.45) is 17.6 Å². The number of rotatable bonds is 8. The van der Waals surface area contributed by atoms with E-state index in [1.54, 1.807) is 0 Å². The monoisotopic (exact) mass is 338 g/mol. The number of benzene rings is 2. The second-order valence-electron chi connectivity index (χ2n) is 6.87. The second-order valence-corrected chi connectivity index (χ2v) is 6.87. The summed E-state index contributed by atoms with van der Waals surface area (Å²) in [5.74, 6) is 0.354. The number of hydrogen-bond acceptors (Lipinski definition) is 3. The Hall–Kier alpha value is -2.17. The van der Waals surface area contributed by atoms with E-state index in [-0.39, 0.29) is 17.9 Å². The Kier molecular flexibility index (Phi) is 5.84. The third-order valence-electron chi connectivity index (χ3n) is 4.65. The zero-order valence-corrected chi connectivity index (χ0v) is 14.7. The van der Waals surface area contributed by atoms with Gasteiger partial charge in [-0.1, -0.05) is 49.4 Å². The number of hydrogen-bond donors (Lipinski definition) is 2. The minimum absolute atomic E-state index is 0.0765. The van der Waals surface area contributed by atoms with E-state index in [4.69, 9.17) is 10.5 Å². The molecule has 1 amide bonds. The molecule has 2 atom stereocenters. The van der Waals surface area contributed by atoms with Gasteiger partial charge in [-0.3, -0.25) is 4.79 Å². The lowest BCUT2D eigenvalue weighted by Gasteiger charge is -2.20. The van der Waals surface area contributed by atoms with Crippen molar-refractivity contribution in [3.8, 4) is 0 Å². The molecule has 2 unspecified atom stereocenters. The van der Waals surface area contributed by atoms with Crippen LogP contribution in [0, 0.1) is 11.8 Å².